The Bertz CT molecular complexity index is 299. The third-order valence-corrected chi connectivity index (χ3v) is 2.69. The summed E-state index contributed by atoms with van der Waals surface area (Å²) in [4.78, 5) is 0. The van der Waals surface area contributed by atoms with Gasteiger partial charge in [0.1, 0.15) is 0 Å². The maximum absolute atomic E-state index is 5.53. The highest BCUT2D eigenvalue weighted by Crippen LogP contribution is 2.17. The van der Waals surface area contributed by atoms with Gasteiger partial charge in [-0.05, 0) is 32.4 Å². The van der Waals surface area contributed by atoms with E-state index in [9.17, 15) is 0 Å². The number of hydrogen-bond donors (Lipinski definition) is 1. The van der Waals surface area contributed by atoms with Gasteiger partial charge in [-0.3, -0.25) is 0 Å². The third kappa shape index (κ3) is 4.33. The molecule has 0 heterocycles. The number of aryl methyl sites for hydroxylation is 1. The van der Waals surface area contributed by atoms with E-state index in [1.807, 2.05) is 7.05 Å². The van der Waals surface area contributed by atoms with Gasteiger partial charge in [-0.2, -0.15) is 0 Å². The lowest BCUT2D eigenvalue weighted by Gasteiger charge is -2.17. The molecule has 2 nitrogen and oxygen atoms in total. The van der Waals surface area contributed by atoms with E-state index < -0.39 is 0 Å². The average molecular weight is 221 g/mol. The van der Waals surface area contributed by atoms with Crippen molar-refractivity contribution < 1.29 is 4.74 Å². The second-order valence-corrected chi connectivity index (χ2v) is 4.16. The monoisotopic (exact) mass is 221 g/mol. The van der Waals surface area contributed by atoms with Crippen LogP contribution >= 0.6 is 0 Å². The zero-order chi connectivity index (χ0) is 11.8. The first-order valence-corrected chi connectivity index (χ1v) is 6.09. The zero-order valence-electron chi connectivity index (χ0n) is 10.6. The van der Waals surface area contributed by atoms with E-state index in [0.29, 0.717) is 6.04 Å². The molecule has 1 aromatic rings. The first-order chi connectivity index (χ1) is 7.77. The van der Waals surface area contributed by atoms with Crippen molar-refractivity contribution in [1.29, 1.82) is 0 Å². The van der Waals surface area contributed by atoms with Crippen LogP contribution in [0.4, 0.5) is 0 Å². The van der Waals surface area contributed by atoms with Crippen molar-refractivity contribution in [3.05, 3.63) is 35.4 Å². The molecule has 1 atom stereocenters. The van der Waals surface area contributed by atoms with Gasteiger partial charge in [0.05, 0.1) is 0 Å². The third-order valence-electron chi connectivity index (χ3n) is 2.69. The topological polar surface area (TPSA) is 21.3 Å². The summed E-state index contributed by atoms with van der Waals surface area (Å²) in [5, 5.41) is 3.34. The summed E-state index contributed by atoms with van der Waals surface area (Å²) in [5.41, 5.74) is 2.66. The largest absolute Gasteiger partial charge is 0.381 e. The van der Waals surface area contributed by atoms with E-state index in [0.717, 1.165) is 26.1 Å². The van der Waals surface area contributed by atoms with Crippen LogP contribution in [0.2, 0.25) is 0 Å². The molecular weight excluding hydrogens is 198 g/mol. The van der Waals surface area contributed by atoms with E-state index in [1.165, 1.54) is 11.1 Å². The van der Waals surface area contributed by atoms with E-state index >= 15 is 0 Å². The Labute approximate surface area is 99.0 Å². The molecule has 1 aromatic carbocycles. The molecule has 0 fully saturated rings. The van der Waals surface area contributed by atoms with Crippen LogP contribution in [0.3, 0.4) is 0 Å². The number of nitrogens with one attached hydrogen (secondary N) is 1. The van der Waals surface area contributed by atoms with Gasteiger partial charge in [0.25, 0.3) is 0 Å². The van der Waals surface area contributed by atoms with Crippen molar-refractivity contribution in [3.63, 3.8) is 0 Å². The fraction of sp³-hybridized carbons (Fsp3) is 0.571. The predicted molar refractivity (Wildman–Crippen MR) is 68.7 cm³/mol. The van der Waals surface area contributed by atoms with Crippen molar-refractivity contribution in [2.45, 2.75) is 32.7 Å². The predicted octanol–water partition coefficient (Wildman–Crippen LogP) is 3.07. The molecular formula is C14H23NO. The minimum absolute atomic E-state index is 0.400. The Morgan fingerprint density at radius 2 is 2.12 bits per heavy atom. The van der Waals surface area contributed by atoms with Gasteiger partial charge in [0.15, 0.2) is 0 Å². The fourth-order valence-electron chi connectivity index (χ4n) is 1.81. The Balaban J connectivity index is 2.47. The summed E-state index contributed by atoms with van der Waals surface area (Å²) in [5.74, 6) is 0. The first-order valence-electron chi connectivity index (χ1n) is 6.09. The molecule has 0 aromatic heterocycles. The Morgan fingerprint density at radius 1 is 1.31 bits per heavy atom. The molecule has 0 saturated heterocycles. The van der Waals surface area contributed by atoms with E-state index in [2.05, 4.69) is 43.4 Å². The lowest BCUT2D eigenvalue weighted by molar-refractivity contribution is 0.125. The van der Waals surface area contributed by atoms with E-state index in [-0.39, 0.29) is 0 Å². The fourth-order valence-corrected chi connectivity index (χ4v) is 1.81. The van der Waals surface area contributed by atoms with Gasteiger partial charge in [-0.25, -0.2) is 0 Å². The summed E-state index contributed by atoms with van der Waals surface area (Å²) in [6, 6.07) is 9.05. The molecule has 0 aliphatic heterocycles. The van der Waals surface area contributed by atoms with E-state index in [4.69, 9.17) is 4.74 Å². The van der Waals surface area contributed by atoms with Crippen LogP contribution < -0.4 is 5.32 Å². The SMILES string of the molecule is CCCOCCC(NC)c1cccc(C)c1. The van der Waals surface area contributed by atoms with Crippen LogP contribution in [-0.2, 0) is 4.74 Å². The Kier molecular flexibility index (Phi) is 6.12. The normalized spacial score (nSPS) is 12.7. The molecule has 0 aliphatic carbocycles. The molecule has 0 amide bonds. The molecule has 1 unspecified atom stereocenters. The molecule has 0 bridgehead atoms. The van der Waals surface area contributed by atoms with Crippen LogP contribution in [0.5, 0.6) is 0 Å². The summed E-state index contributed by atoms with van der Waals surface area (Å²) in [6.07, 6.45) is 2.12. The number of rotatable bonds is 7. The van der Waals surface area contributed by atoms with Gasteiger partial charge in [0.2, 0.25) is 0 Å². The van der Waals surface area contributed by atoms with Crippen LogP contribution in [0.25, 0.3) is 0 Å². The Hall–Kier alpha value is -0.860. The molecule has 16 heavy (non-hydrogen) atoms. The first kappa shape index (κ1) is 13.2. The van der Waals surface area contributed by atoms with Crippen molar-refractivity contribution in [1.82, 2.24) is 5.32 Å². The van der Waals surface area contributed by atoms with Crippen molar-refractivity contribution in [3.8, 4) is 0 Å². The number of hydrogen-bond acceptors (Lipinski definition) is 2. The molecule has 0 aliphatic rings. The maximum Gasteiger partial charge on any atom is 0.0484 e. The summed E-state index contributed by atoms with van der Waals surface area (Å²) in [7, 11) is 2.01. The second kappa shape index (κ2) is 7.42. The molecule has 90 valence electrons. The summed E-state index contributed by atoms with van der Waals surface area (Å²) < 4.78 is 5.53. The molecule has 1 rings (SSSR count). The standard InChI is InChI=1S/C14H23NO/c1-4-9-16-10-8-14(15-3)13-7-5-6-12(2)11-13/h5-7,11,14-15H,4,8-10H2,1-3H3. The van der Waals surface area contributed by atoms with Crippen molar-refractivity contribution in [2.75, 3.05) is 20.3 Å². The van der Waals surface area contributed by atoms with E-state index in [1.54, 1.807) is 0 Å². The highest BCUT2D eigenvalue weighted by molar-refractivity contribution is 5.24. The molecule has 0 spiro atoms. The molecule has 1 N–H and O–H groups in total. The molecule has 2 heteroatoms. The number of benzene rings is 1. The van der Waals surface area contributed by atoms with Gasteiger partial charge >= 0.3 is 0 Å². The molecule has 0 saturated carbocycles. The quantitative estimate of drug-likeness (QED) is 0.714. The van der Waals surface area contributed by atoms with Gasteiger partial charge in [-0.15, -0.1) is 0 Å². The van der Waals surface area contributed by atoms with Crippen LogP contribution in [0, 0.1) is 6.92 Å². The molecule has 0 radical (unpaired) electrons. The highest BCUT2D eigenvalue weighted by Gasteiger charge is 2.08. The van der Waals surface area contributed by atoms with Crippen molar-refractivity contribution in [2.24, 2.45) is 0 Å². The maximum atomic E-state index is 5.53. The zero-order valence-corrected chi connectivity index (χ0v) is 10.6. The number of ether oxygens (including phenoxy) is 1. The van der Waals surface area contributed by atoms with Crippen LogP contribution in [-0.4, -0.2) is 20.3 Å². The second-order valence-electron chi connectivity index (χ2n) is 4.16. The van der Waals surface area contributed by atoms with Crippen LogP contribution in [0.15, 0.2) is 24.3 Å². The minimum Gasteiger partial charge on any atom is -0.381 e. The smallest absolute Gasteiger partial charge is 0.0484 e. The minimum atomic E-state index is 0.400. The van der Waals surface area contributed by atoms with Gasteiger partial charge < -0.3 is 10.1 Å². The highest BCUT2D eigenvalue weighted by atomic mass is 16.5. The lowest BCUT2D eigenvalue weighted by atomic mass is 10.0. The van der Waals surface area contributed by atoms with Crippen molar-refractivity contribution >= 4 is 0 Å². The average Bonchev–Trinajstić information content (AvgIpc) is 2.29. The lowest BCUT2D eigenvalue weighted by Crippen LogP contribution is -2.18. The van der Waals surface area contributed by atoms with Gasteiger partial charge in [-0.1, -0.05) is 36.8 Å². The Morgan fingerprint density at radius 3 is 2.75 bits per heavy atom. The summed E-state index contributed by atoms with van der Waals surface area (Å²) in [6.45, 7) is 5.96. The van der Waals surface area contributed by atoms with Gasteiger partial charge in [0, 0.05) is 19.3 Å². The summed E-state index contributed by atoms with van der Waals surface area (Å²) >= 11 is 0. The van der Waals surface area contributed by atoms with Crippen LogP contribution in [0.1, 0.15) is 36.9 Å².